The molecule has 0 saturated carbocycles. The van der Waals surface area contributed by atoms with Crippen molar-refractivity contribution >= 4 is 11.7 Å². The fraction of sp³-hybridized carbons (Fsp3) is 0.455. The summed E-state index contributed by atoms with van der Waals surface area (Å²) in [6.07, 6.45) is -4.44. The van der Waals surface area contributed by atoms with E-state index in [2.05, 4.69) is 10.3 Å². The number of amides is 1. The van der Waals surface area contributed by atoms with Crippen LogP contribution in [0, 0.1) is 12.8 Å². The smallest absolute Gasteiger partial charge is 0.310 e. The van der Waals surface area contributed by atoms with E-state index < -0.39 is 11.7 Å². The number of alkyl halides is 3. The first-order valence-electron chi connectivity index (χ1n) is 5.07. The van der Waals surface area contributed by atoms with Crippen molar-refractivity contribution in [1.82, 2.24) is 4.98 Å². The molecule has 6 heteroatoms. The quantitative estimate of drug-likeness (QED) is 0.871. The van der Waals surface area contributed by atoms with Crippen LogP contribution in [0.15, 0.2) is 12.1 Å². The fourth-order valence-corrected chi connectivity index (χ4v) is 1.17. The lowest BCUT2D eigenvalue weighted by Gasteiger charge is -2.11. The van der Waals surface area contributed by atoms with E-state index in [0.29, 0.717) is 0 Å². The first-order valence-corrected chi connectivity index (χ1v) is 5.07. The Morgan fingerprint density at radius 1 is 1.35 bits per heavy atom. The number of halogens is 3. The zero-order chi connectivity index (χ0) is 13.2. The Bertz CT molecular complexity index is 427. The van der Waals surface area contributed by atoms with Gasteiger partial charge in [-0.3, -0.25) is 4.79 Å². The Balaban J connectivity index is 3.02. The van der Waals surface area contributed by atoms with Crippen molar-refractivity contribution < 1.29 is 18.0 Å². The molecule has 0 bridgehead atoms. The van der Waals surface area contributed by atoms with E-state index >= 15 is 0 Å². The molecule has 0 aliphatic rings. The molecular weight excluding hydrogens is 233 g/mol. The molecule has 0 unspecified atom stereocenters. The third-order valence-electron chi connectivity index (χ3n) is 2.06. The number of aromatic nitrogens is 1. The number of nitrogens with zero attached hydrogens (tertiary/aromatic N) is 1. The van der Waals surface area contributed by atoms with Gasteiger partial charge in [-0.2, -0.15) is 13.2 Å². The monoisotopic (exact) mass is 246 g/mol. The average Bonchev–Trinajstić information content (AvgIpc) is 2.15. The lowest BCUT2D eigenvalue weighted by atomic mass is 10.2. The Morgan fingerprint density at radius 2 is 1.94 bits per heavy atom. The number of pyridine rings is 1. The molecule has 1 aromatic rings. The molecule has 0 aromatic carbocycles. The summed E-state index contributed by atoms with van der Waals surface area (Å²) in [5.74, 6) is -0.751. The maximum Gasteiger partial charge on any atom is 0.416 e. The fourth-order valence-electron chi connectivity index (χ4n) is 1.17. The van der Waals surface area contributed by atoms with Gasteiger partial charge in [0.1, 0.15) is 5.82 Å². The molecule has 0 aliphatic carbocycles. The highest BCUT2D eigenvalue weighted by atomic mass is 19.4. The van der Waals surface area contributed by atoms with Crippen LogP contribution in [0.5, 0.6) is 0 Å². The third-order valence-corrected chi connectivity index (χ3v) is 2.06. The van der Waals surface area contributed by atoms with Crippen molar-refractivity contribution in [3.63, 3.8) is 0 Å². The number of anilines is 1. The molecule has 1 amide bonds. The van der Waals surface area contributed by atoms with Crippen LogP contribution in [-0.2, 0) is 11.0 Å². The van der Waals surface area contributed by atoms with Gasteiger partial charge in [-0.15, -0.1) is 0 Å². The van der Waals surface area contributed by atoms with Crippen molar-refractivity contribution in [3.8, 4) is 0 Å². The minimum Gasteiger partial charge on any atom is -0.310 e. The summed E-state index contributed by atoms with van der Waals surface area (Å²) in [5.41, 5.74) is -0.608. The summed E-state index contributed by atoms with van der Waals surface area (Å²) in [7, 11) is 0. The Kier molecular flexibility index (Phi) is 3.75. The van der Waals surface area contributed by atoms with Gasteiger partial charge in [0.15, 0.2) is 0 Å². The zero-order valence-electron chi connectivity index (χ0n) is 9.72. The van der Waals surface area contributed by atoms with E-state index in [9.17, 15) is 18.0 Å². The van der Waals surface area contributed by atoms with Crippen LogP contribution in [0.25, 0.3) is 0 Å². The summed E-state index contributed by atoms with van der Waals surface area (Å²) in [5, 5.41) is 2.34. The second kappa shape index (κ2) is 4.73. The molecule has 1 aromatic heterocycles. The molecule has 0 radical (unpaired) electrons. The van der Waals surface area contributed by atoms with Gasteiger partial charge in [0, 0.05) is 11.6 Å². The summed E-state index contributed by atoms with van der Waals surface area (Å²) in [6, 6.07) is 1.76. The summed E-state index contributed by atoms with van der Waals surface area (Å²) < 4.78 is 37.5. The van der Waals surface area contributed by atoms with Crippen LogP contribution in [0.1, 0.15) is 25.1 Å². The number of carbonyl (C=O) groups excluding carboxylic acids is 1. The predicted molar refractivity (Wildman–Crippen MR) is 57.4 cm³/mol. The number of aryl methyl sites for hydroxylation is 1. The minimum atomic E-state index is -4.44. The molecule has 0 atom stereocenters. The van der Waals surface area contributed by atoms with E-state index in [1.54, 1.807) is 13.8 Å². The van der Waals surface area contributed by atoms with Gasteiger partial charge in [-0.25, -0.2) is 4.98 Å². The highest BCUT2D eigenvalue weighted by Crippen LogP contribution is 2.30. The van der Waals surface area contributed by atoms with Crippen molar-refractivity contribution in [1.29, 1.82) is 0 Å². The highest BCUT2D eigenvalue weighted by Gasteiger charge is 2.31. The topological polar surface area (TPSA) is 42.0 Å². The van der Waals surface area contributed by atoms with Crippen molar-refractivity contribution in [2.75, 3.05) is 5.32 Å². The lowest BCUT2D eigenvalue weighted by Crippen LogP contribution is -2.19. The molecule has 94 valence electrons. The van der Waals surface area contributed by atoms with Crippen molar-refractivity contribution in [2.24, 2.45) is 5.92 Å². The van der Waals surface area contributed by atoms with Gasteiger partial charge >= 0.3 is 6.18 Å². The SMILES string of the molecule is Cc1cc(C(F)(F)F)cc(NC(=O)C(C)C)n1. The standard InChI is InChI=1S/C11H13F3N2O/c1-6(2)10(17)16-9-5-8(11(12,13)14)4-7(3)15-9/h4-6H,1-3H3,(H,15,16,17). The minimum absolute atomic E-state index is 0.0731. The maximum absolute atomic E-state index is 12.5. The Labute approximate surface area is 97.0 Å². The average molecular weight is 246 g/mol. The van der Waals surface area contributed by atoms with Crippen LogP contribution >= 0.6 is 0 Å². The number of hydrogen-bond acceptors (Lipinski definition) is 2. The summed E-state index contributed by atoms with van der Waals surface area (Å²) >= 11 is 0. The molecule has 1 N–H and O–H groups in total. The van der Waals surface area contributed by atoms with Gasteiger partial charge in [-0.05, 0) is 19.1 Å². The number of nitrogens with one attached hydrogen (secondary N) is 1. The largest absolute Gasteiger partial charge is 0.416 e. The maximum atomic E-state index is 12.5. The molecule has 3 nitrogen and oxygen atoms in total. The second-order valence-electron chi connectivity index (χ2n) is 4.02. The lowest BCUT2D eigenvalue weighted by molar-refractivity contribution is -0.137. The van der Waals surface area contributed by atoms with E-state index in [0.717, 1.165) is 12.1 Å². The van der Waals surface area contributed by atoms with Gasteiger partial charge in [0.25, 0.3) is 0 Å². The number of hydrogen-bond donors (Lipinski definition) is 1. The predicted octanol–water partition coefficient (Wildman–Crippen LogP) is 3.00. The Morgan fingerprint density at radius 3 is 2.41 bits per heavy atom. The molecule has 0 fully saturated rings. The van der Waals surface area contributed by atoms with Crippen molar-refractivity contribution in [2.45, 2.75) is 26.9 Å². The molecule has 17 heavy (non-hydrogen) atoms. The van der Waals surface area contributed by atoms with Gasteiger partial charge < -0.3 is 5.32 Å². The molecule has 1 heterocycles. The first kappa shape index (κ1) is 13.5. The van der Waals surface area contributed by atoms with E-state index in [4.69, 9.17) is 0 Å². The van der Waals surface area contributed by atoms with Crippen LogP contribution in [0.3, 0.4) is 0 Å². The van der Waals surface area contributed by atoms with Crippen molar-refractivity contribution in [3.05, 3.63) is 23.4 Å². The van der Waals surface area contributed by atoms with Crippen LogP contribution in [-0.4, -0.2) is 10.9 Å². The highest BCUT2D eigenvalue weighted by molar-refractivity contribution is 5.91. The van der Waals surface area contributed by atoms with E-state index in [-0.39, 0.29) is 23.3 Å². The molecule has 0 aliphatic heterocycles. The molecule has 0 saturated heterocycles. The van der Waals surface area contributed by atoms with Crippen LogP contribution in [0.2, 0.25) is 0 Å². The molecule has 1 rings (SSSR count). The number of carbonyl (C=O) groups is 1. The van der Waals surface area contributed by atoms with Crippen LogP contribution in [0.4, 0.5) is 19.0 Å². The normalized spacial score (nSPS) is 11.7. The first-order chi connectivity index (χ1) is 7.70. The van der Waals surface area contributed by atoms with E-state index in [1.165, 1.54) is 6.92 Å². The van der Waals surface area contributed by atoms with Gasteiger partial charge in [-0.1, -0.05) is 13.8 Å². The second-order valence-corrected chi connectivity index (χ2v) is 4.02. The number of rotatable bonds is 2. The zero-order valence-corrected chi connectivity index (χ0v) is 9.72. The summed E-state index contributed by atoms with van der Waals surface area (Å²) in [6.45, 7) is 4.74. The molecule has 0 spiro atoms. The Hall–Kier alpha value is -1.59. The van der Waals surface area contributed by atoms with E-state index in [1.807, 2.05) is 0 Å². The van der Waals surface area contributed by atoms with Gasteiger partial charge in [0.2, 0.25) is 5.91 Å². The summed E-state index contributed by atoms with van der Waals surface area (Å²) in [4.78, 5) is 15.2. The molecular formula is C11H13F3N2O. The third kappa shape index (κ3) is 3.72. The van der Waals surface area contributed by atoms with Crippen LogP contribution < -0.4 is 5.32 Å². The van der Waals surface area contributed by atoms with Gasteiger partial charge in [0.05, 0.1) is 5.56 Å².